The Bertz CT molecular complexity index is 948. The lowest BCUT2D eigenvalue weighted by atomic mass is 10.3. The van der Waals surface area contributed by atoms with Crippen molar-refractivity contribution in [3.8, 4) is 5.75 Å². The number of guanidine groups is 1. The van der Waals surface area contributed by atoms with E-state index >= 15 is 0 Å². The summed E-state index contributed by atoms with van der Waals surface area (Å²) in [4.78, 5) is 11.2. The molecule has 0 aromatic heterocycles. The van der Waals surface area contributed by atoms with Crippen LogP contribution in [0.2, 0.25) is 0 Å². The van der Waals surface area contributed by atoms with Crippen molar-refractivity contribution in [3.05, 3.63) is 24.3 Å². The lowest BCUT2D eigenvalue weighted by Crippen LogP contribution is -2.45. The van der Waals surface area contributed by atoms with Crippen molar-refractivity contribution in [2.24, 2.45) is 20.7 Å². The molecule has 0 saturated carbocycles. The van der Waals surface area contributed by atoms with E-state index in [4.69, 9.17) is 10.5 Å². The Morgan fingerprint density at radius 3 is 2.62 bits per heavy atom. The smallest absolute Gasteiger partial charge is 0.464 e. The van der Waals surface area contributed by atoms with Crippen molar-refractivity contribution >= 4 is 38.9 Å². The first-order valence-corrected chi connectivity index (χ1v) is 10.7. The summed E-state index contributed by atoms with van der Waals surface area (Å²) in [6, 6.07) is 4.21. The van der Waals surface area contributed by atoms with Gasteiger partial charge in [-0.2, -0.15) is 9.98 Å². The predicted molar refractivity (Wildman–Crippen MR) is 103 cm³/mol. The van der Waals surface area contributed by atoms with Gasteiger partial charge in [-0.3, -0.25) is 0 Å². The molecule has 1 heterocycles. The van der Waals surface area contributed by atoms with Gasteiger partial charge >= 0.3 is 12.4 Å². The zero-order chi connectivity index (χ0) is 21.8. The molecule has 0 fully saturated rings. The number of halogens is 3. The number of alkyl halides is 3. The number of ether oxygens (including phenoxy) is 2. The lowest BCUT2D eigenvalue weighted by Gasteiger charge is -2.30. The molecule has 0 amide bonds. The van der Waals surface area contributed by atoms with Gasteiger partial charge in [0.15, 0.2) is 5.17 Å². The van der Waals surface area contributed by atoms with Crippen LogP contribution in [0.5, 0.6) is 5.75 Å². The van der Waals surface area contributed by atoms with Gasteiger partial charge < -0.3 is 15.2 Å². The minimum absolute atomic E-state index is 0.0197. The highest BCUT2D eigenvalue weighted by Gasteiger charge is 2.40. The van der Waals surface area contributed by atoms with Gasteiger partial charge in [-0.1, -0.05) is 23.9 Å². The zero-order valence-corrected chi connectivity index (χ0v) is 17.2. The second kappa shape index (κ2) is 8.90. The van der Waals surface area contributed by atoms with Gasteiger partial charge in [0.25, 0.3) is 10.0 Å². The summed E-state index contributed by atoms with van der Waals surface area (Å²) in [5.74, 6) is -1.29. The summed E-state index contributed by atoms with van der Waals surface area (Å²) in [5, 5.41) is -0.0197. The Kier molecular flexibility index (Phi) is 7.00. The van der Waals surface area contributed by atoms with E-state index in [1.165, 1.54) is 19.1 Å². The first-order chi connectivity index (χ1) is 13.5. The molecular formula is C15H18F3N5O4S2. The molecular weight excluding hydrogens is 435 g/mol. The van der Waals surface area contributed by atoms with Gasteiger partial charge in [0.2, 0.25) is 5.96 Å². The average Bonchev–Trinajstić information content (AvgIpc) is 2.60. The van der Waals surface area contributed by atoms with Crippen molar-refractivity contribution in [1.82, 2.24) is 4.31 Å². The highest BCUT2D eigenvalue weighted by molar-refractivity contribution is 8.13. The number of nitrogens with zero attached hydrogens (tertiary/aromatic N) is 4. The summed E-state index contributed by atoms with van der Waals surface area (Å²) in [7, 11) is -4.61. The molecule has 1 aliphatic rings. The van der Waals surface area contributed by atoms with E-state index in [9.17, 15) is 21.6 Å². The van der Waals surface area contributed by atoms with E-state index in [1.54, 1.807) is 13.2 Å². The normalized spacial score (nSPS) is 18.2. The number of hydrogen-bond donors (Lipinski definition) is 1. The van der Waals surface area contributed by atoms with Gasteiger partial charge in [-0.15, -0.1) is 13.2 Å². The van der Waals surface area contributed by atoms with Crippen LogP contribution in [0.3, 0.4) is 0 Å². The third-order valence-corrected chi connectivity index (χ3v) is 5.72. The highest BCUT2D eigenvalue weighted by Crippen LogP contribution is 2.33. The fraction of sp³-hybridized carbons (Fsp3) is 0.400. The van der Waals surface area contributed by atoms with Gasteiger partial charge in [0.1, 0.15) is 16.8 Å². The average molecular weight is 453 g/mol. The summed E-state index contributed by atoms with van der Waals surface area (Å²) in [6.07, 6.45) is -4.60. The fourth-order valence-electron chi connectivity index (χ4n) is 2.25. The minimum atomic E-state index is -5.09. The lowest BCUT2D eigenvalue weighted by molar-refractivity contribution is -0.275. The van der Waals surface area contributed by atoms with Crippen molar-refractivity contribution in [2.45, 2.75) is 31.3 Å². The molecule has 0 spiro atoms. The third kappa shape index (κ3) is 5.53. The van der Waals surface area contributed by atoms with Gasteiger partial charge in [-0.05, 0) is 32.2 Å². The Labute approximate surface area is 169 Å². The number of rotatable bonds is 4. The molecule has 29 heavy (non-hydrogen) atoms. The van der Waals surface area contributed by atoms with Gasteiger partial charge in [0, 0.05) is 0 Å². The van der Waals surface area contributed by atoms with Gasteiger partial charge in [-0.25, -0.2) is 17.7 Å². The third-order valence-electron chi connectivity index (χ3n) is 3.33. The van der Waals surface area contributed by atoms with Crippen LogP contribution in [-0.4, -0.2) is 55.3 Å². The number of para-hydroxylation sites is 1. The van der Waals surface area contributed by atoms with Crippen LogP contribution in [0.4, 0.5) is 13.2 Å². The second-order valence-corrected chi connectivity index (χ2v) is 7.95. The molecule has 1 aromatic rings. The number of aliphatic imine (C=N–C) groups is 3. The number of sulfonamides is 1. The predicted octanol–water partition coefficient (Wildman–Crippen LogP) is 2.36. The zero-order valence-electron chi connectivity index (χ0n) is 15.5. The van der Waals surface area contributed by atoms with E-state index in [2.05, 4.69) is 19.7 Å². The summed E-state index contributed by atoms with van der Waals surface area (Å²) in [5.41, 5.74) is 5.68. The molecule has 0 radical (unpaired) electrons. The van der Waals surface area contributed by atoms with Crippen LogP contribution < -0.4 is 10.5 Å². The SMILES string of the molecule is CCOC1=NC(C)N(S(=O)(=O)c2ccccc2OC(F)(F)F)C(N=C(N)SC)=N1. The monoisotopic (exact) mass is 453 g/mol. The Morgan fingerprint density at radius 2 is 2.03 bits per heavy atom. The summed E-state index contributed by atoms with van der Waals surface area (Å²) >= 11 is 1.03. The van der Waals surface area contributed by atoms with E-state index in [1.807, 2.05) is 0 Å². The van der Waals surface area contributed by atoms with Crippen molar-refractivity contribution < 1.29 is 31.1 Å². The van der Waals surface area contributed by atoms with E-state index in [-0.39, 0.29) is 17.8 Å². The molecule has 0 bridgehead atoms. The van der Waals surface area contributed by atoms with Crippen molar-refractivity contribution in [3.63, 3.8) is 0 Å². The number of nitrogens with two attached hydrogens (primary N) is 1. The Morgan fingerprint density at radius 1 is 1.38 bits per heavy atom. The molecule has 2 rings (SSSR count). The maximum Gasteiger partial charge on any atom is 0.573 e. The van der Waals surface area contributed by atoms with Crippen LogP contribution in [0.1, 0.15) is 13.8 Å². The van der Waals surface area contributed by atoms with Crippen molar-refractivity contribution in [1.29, 1.82) is 0 Å². The number of amidine groups is 2. The highest BCUT2D eigenvalue weighted by atomic mass is 32.2. The molecule has 9 nitrogen and oxygen atoms in total. The molecule has 1 unspecified atom stereocenters. The molecule has 14 heteroatoms. The number of hydrogen-bond acceptors (Lipinski definition) is 8. The molecule has 2 N–H and O–H groups in total. The van der Waals surface area contributed by atoms with E-state index in [0.717, 1.165) is 23.9 Å². The van der Waals surface area contributed by atoms with Crippen LogP contribution in [0.15, 0.2) is 44.1 Å². The van der Waals surface area contributed by atoms with Crippen LogP contribution in [0.25, 0.3) is 0 Å². The number of benzene rings is 1. The van der Waals surface area contributed by atoms with Crippen LogP contribution in [0, 0.1) is 0 Å². The maximum absolute atomic E-state index is 13.2. The molecule has 160 valence electrons. The molecule has 0 aliphatic carbocycles. The van der Waals surface area contributed by atoms with Crippen LogP contribution >= 0.6 is 11.8 Å². The fourth-order valence-corrected chi connectivity index (χ4v) is 3.99. The first kappa shape index (κ1) is 22.8. The van der Waals surface area contributed by atoms with E-state index in [0.29, 0.717) is 4.31 Å². The molecule has 1 atom stereocenters. The largest absolute Gasteiger partial charge is 0.573 e. The van der Waals surface area contributed by atoms with Crippen LogP contribution in [-0.2, 0) is 14.8 Å². The molecule has 1 aliphatic heterocycles. The number of thioether (sulfide) groups is 1. The van der Waals surface area contributed by atoms with Gasteiger partial charge in [0.05, 0.1) is 6.61 Å². The molecule has 0 saturated heterocycles. The Balaban J connectivity index is 2.60. The summed E-state index contributed by atoms with van der Waals surface area (Å²) in [6.45, 7) is 3.28. The van der Waals surface area contributed by atoms with Crippen molar-refractivity contribution in [2.75, 3.05) is 12.9 Å². The van der Waals surface area contributed by atoms with E-state index < -0.39 is 39.2 Å². The standard InChI is InChI=1S/C15H18F3N5O4S2/c1-4-26-14-20-9(2)23(13(22-14)21-12(19)28-3)29(24,25)11-8-6-5-7-10(11)27-15(16,17)18/h5-9H,4H2,1-3H3,(H2,19,20,21,22). The summed E-state index contributed by atoms with van der Waals surface area (Å²) < 4.78 is 74.3. The maximum atomic E-state index is 13.2. The Hall–Kier alpha value is -2.48. The topological polar surface area (TPSA) is 119 Å². The minimum Gasteiger partial charge on any atom is -0.464 e. The first-order valence-electron chi connectivity index (χ1n) is 8.06. The quantitative estimate of drug-likeness (QED) is 0.552. The molecule has 1 aromatic carbocycles. The second-order valence-electron chi connectivity index (χ2n) is 5.34.